The first-order chi connectivity index (χ1) is 19.9. The van der Waals surface area contributed by atoms with Crippen molar-refractivity contribution in [2.45, 2.75) is 61.2 Å². The van der Waals surface area contributed by atoms with E-state index < -0.39 is 96.9 Å². The van der Waals surface area contributed by atoms with Gasteiger partial charge in [0.1, 0.15) is 88.9 Å². The molecule has 2 saturated heterocycles. The zero-order valence-corrected chi connectivity index (χ0v) is 21.7. The third-order valence-electron chi connectivity index (χ3n) is 7.43. The molecular formula is C27H30O15. The molecule has 2 aliphatic heterocycles. The average molecular weight is 595 g/mol. The summed E-state index contributed by atoms with van der Waals surface area (Å²) in [5.74, 6) is -1.46. The molecule has 0 amide bonds. The lowest BCUT2D eigenvalue weighted by atomic mass is 9.89. The number of benzene rings is 2. The molecule has 10 N–H and O–H groups in total. The van der Waals surface area contributed by atoms with Gasteiger partial charge in [-0.3, -0.25) is 4.79 Å². The summed E-state index contributed by atoms with van der Waals surface area (Å²) >= 11 is 0. The van der Waals surface area contributed by atoms with E-state index >= 15 is 0 Å². The van der Waals surface area contributed by atoms with Crippen LogP contribution in [0.15, 0.2) is 45.6 Å². The van der Waals surface area contributed by atoms with Gasteiger partial charge in [0.15, 0.2) is 11.7 Å². The van der Waals surface area contributed by atoms with E-state index in [1.165, 1.54) is 24.3 Å². The van der Waals surface area contributed by atoms with Crippen LogP contribution in [0.2, 0.25) is 0 Å². The predicted molar refractivity (Wildman–Crippen MR) is 138 cm³/mol. The second kappa shape index (κ2) is 11.7. The van der Waals surface area contributed by atoms with Crippen LogP contribution in [-0.4, -0.2) is 119 Å². The Kier molecular flexibility index (Phi) is 8.41. The lowest BCUT2D eigenvalue weighted by molar-refractivity contribution is -0.314. The molecule has 3 heterocycles. The highest BCUT2D eigenvalue weighted by Crippen LogP contribution is 2.45. The number of fused-ring (bicyclic) bond motifs is 1. The molecule has 228 valence electrons. The summed E-state index contributed by atoms with van der Waals surface area (Å²) in [5, 5.41) is 102. The number of aromatic hydroxyl groups is 3. The van der Waals surface area contributed by atoms with Crippen LogP contribution in [0, 0.1) is 0 Å². The normalized spacial score (nSPS) is 33.6. The molecule has 0 radical (unpaired) electrons. The van der Waals surface area contributed by atoms with Crippen LogP contribution < -0.4 is 5.43 Å². The summed E-state index contributed by atoms with van der Waals surface area (Å²) in [4.78, 5) is 13.0. The van der Waals surface area contributed by atoms with Gasteiger partial charge in [0.2, 0.25) is 0 Å². The molecule has 2 aliphatic rings. The first kappa shape index (κ1) is 30.1. The molecule has 0 bridgehead atoms. The number of aliphatic hydroxyl groups excluding tert-OH is 7. The SMILES string of the molecule is O=c1cc(-c2ccc(O)cc2)oc2cc(O)c(C3O[C@H](COC4O[C@H](CO)[C@@H](O)[C@H](O)[C@H]4O)[C@@H](O)[C@H](O)[C@H]3O)c(O)c12. The smallest absolute Gasteiger partial charge is 0.197 e. The first-order valence-electron chi connectivity index (χ1n) is 12.9. The van der Waals surface area contributed by atoms with Crippen molar-refractivity contribution in [3.8, 4) is 28.6 Å². The van der Waals surface area contributed by atoms with E-state index in [1.54, 1.807) is 0 Å². The van der Waals surface area contributed by atoms with Gasteiger partial charge in [-0.25, -0.2) is 0 Å². The largest absolute Gasteiger partial charge is 0.508 e. The zero-order chi connectivity index (χ0) is 30.5. The topological polar surface area (TPSA) is 260 Å². The Morgan fingerprint density at radius 3 is 2.07 bits per heavy atom. The van der Waals surface area contributed by atoms with Gasteiger partial charge >= 0.3 is 0 Å². The van der Waals surface area contributed by atoms with Crippen LogP contribution in [0.3, 0.4) is 0 Å². The predicted octanol–water partition coefficient (Wildman–Crippen LogP) is -2.08. The van der Waals surface area contributed by atoms with Crippen molar-refractivity contribution >= 4 is 11.0 Å². The van der Waals surface area contributed by atoms with Crippen LogP contribution in [0.1, 0.15) is 11.7 Å². The lowest BCUT2D eigenvalue weighted by Gasteiger charge is -2.43. The third kappa shape index (κ3) is 5.31. The number of ether oxygens (including phenoxy) is 3. The number of rotatable bonds is 6. The highest BCUT2D eigenvalue weighted by molar-refractivity contribution is 5.88. The Morgan fingerprint density at radius 1 is 0.762 bits per heavy atom. The van der Waals surface area contributed by atoms with Crippen molar-refractivity contribution < 1.29 is 69.7 Å². The van der Waals surface area contributed by atoms with E-state index in [0.717, 1.165) is 12.1 Å². The molecule has 0 aliphatic carbocycles. The molecule has 42 heavy (non-hydrogen) atoms. The Morgan fingerprint density at radius 2 is 1.40 bits per heavy atom. The lowest BCUT2D eigenvalue weighted by Crippen LogP contribution is -2.60. The minimum atomic E-state index is -1.92. The highest BCUT2D eigenvalue weighted by Gasteiger charge is 2.48. The van der Waals surface area contributed by atoms with Crippen molar-refractivity contribution in [3.05, 3.63) is 52.2 Å². The first-order valence-corrected chi connectivity index (χ1v) is 12.9. The fourth-order valence-corrected chi connectivity index (χ4v) is 5.07. The average Bonchev–Trinajstić information content (AvgIpc) is 2.96. The van der Waals surface area contributed by atoms with Gasteiger partial charge in [0.05, 0.1) is 18.8 Å². The summed E-state index contributed by atoms with van der Waals surface area (Å²) in [7, 11) is 0. The maximum absolute atomic E-state index is 13.0. The van der Waals surface area contributed by atoms with Crippen LogP contribution >= 0.6 is 0 Å². The number of aliphatic hydroxyl groups is 7. The van der Waals surface area contributed by atoms with Crippen LogP contribution in [-0.2, 0) is 14.2 Å². The van der Waals surface area contributed by atoms with Gasteiger partial charge in [-0.1, -0.05) is 0 Å². The maximum atomic E-state index is 13.0. The van der Waals surface area contributed by atoms with E-state index in [9.17, 15) is 55.9 Å². The molecule has 0 saturated carbocycles. The van der Waals surface area contributed by atoms with Gasteiger partial charge in [0, 0.05) is 17.7 Å². The molecule has 15 heteroatoms. The second-order valence-electron chi connectivity index (χ2n) is 10.2. The van der Waals surface area contributed by atoms with E-state index in [2.05, 4.69) is 0 Å². The molecular weight excluding hydrogens is 564 g/mol. The molecule has 3 aromatic rings. The Balaban J connectivity index is 1.43. The minimum Gasteiger partial charge on any atom is -0.508 e. The molecule has 2 aromatic carbocycles. The maximum Gasteiger partial charge on any atom is 0.197 e. The molecule has 5 rings (SSSR count). The highest BCUT2D eigenvalue weighted by atomic mass is 16.7. The van der Waals surface area contributed by atoms with Gasteiger partial charge in [-0.05, 0) is 24.3 Å². The number of phenols is 3. The molecule has 2 fully saturated rings. The van der Waals surface area contributed by atoms with Crippen molar-refractivity contribution in [3.63, 3.8) is 0 Å². The van der Waals surface area contributed by atoms with E-state index in [0.29, 0.717) is 5.56 Å². The zero-order valence-electron chi connectivity index (χ0n) is 21.7. The van der Waals surface area contributed by atoms with Gasteiger partial charge in [-0.15, -0.1) is 0 Å². The van der Waals surface area contributed by atoms with Crippen molar-refractivity contribution in [1.82, 2.24) is 0 Å². The van der Waals surface area contributed by atoms with Crippen molar-refractivity contribution in [2.75, 3.05) is 13.2 Å². The quantitative estimate of drug-likeness (QED) is 0.147. The Hall–Kier alpha value is -3.35. The third-order valence-corrected chi connectivity index (χ3v) is 7.43. The number of hydrogen-bond acceptors (Lipinski definition) is 15. The Bertz CT molecular complexity index is 1470. The molecule has 2 unspecified atom stereocenters. The summed E-state index contributed by atoms with van der Waals surface area (Å²) in [6, 6.07) is 7.79. The van der Waals surface area contributed by atoms with Crippen molar-refractivity contribution in [2.24, 2.45) is 0 Å². The molecule has 1 aromatic heterocycles. The van der Waals surface area contributed by atoms with Crippen LogP contribution in [0.4, 0.5) is 0 Å². The monoisotopic (exact) mass is 594 g/mol. The summed E-state index contributed by atoms with van der Waals surface area (Å²) in [5.41, 5.74) is -1.03. The van der Waals surface area contributed by atoms with Crippen LogP contribution in [0.5, 0.6) is 17.2 Å². The molecule has 15 nitrogen and oxygen atoms in total. The second-order valence-corrected chi connectivity index (χ2v) is 10.2. The van der Waals surface area contributed by atoms with Gasteiger partial charge < -0.3 is 69.7 Å². The minimum absolute atomic E-state index is 0.0166. The summed E-state index contributed by atoms with van der Waals surface area (Å²) in [6.45, 7) is -1.36. The molecule has 10 atom stereocenters. The fourth-order valence-electron chi connectivity index (χ4n) is 5.07. The van der Waals surface area contributed by atoms with Crippen LogP contribution in [0.25, 0.3) is 22.3 Å². The van der Waals surface area contributed by atoms with E-state index in [4.69, 9.17) is 18.6 Å². The standard InChI is InChI=1S/C27H30O15/c28-7-15-19(32)23(36)25(38)27(42-15)39-8-16-20(33)22(35)24(37)26(41-16)18-12(31)6-14-17(21(18)34)11(30)5-13(40-14)9-1-3-10(29)4-2-9/h1-6,15-16,19-20,22-29,31-38H,7-8H2/t15-,16-,19-,20-,22+,23+,24-,25-,26?,27?/m1/s1. The number of hydrogen-bond donors (Lipinski definition) is 10. The van der Waals surface area contributed by atoms with E-state index in [1.807, 2.05) is 0 Å². The van der Waals surface area contributed by atoms with Crippen molar-refractivity contribution in [1.29, 1.82) is 0 Å². The fraction of sp³-hybridized carbons (Fsp3) is 0.444. The van der Waals surface area contributed by atoms with E-state index in [-0.39, 0.29) is 22.5 Å². The summed E-state index contributed by atoms with van der Waals surface area (Å²) < 4.78 is 22.0. The van der Waals surface area contributed by atoms with Gasteiger partial charge in [-0.2, -0.15) is 0 Å². The molecule has 0 spiro atoms. The van der Waals surface area contributed by atoms with Gasteiger partial charge in [0.25, 0.3) is 0 Å². The summed E-state index contributed by atoms with van der Waals surface area (Å²) in [6.07, 6.45) is -16.8. The number of phenolic OH excluding ortho intramolecular Hbond substituents is 3. The Labute approximate surface area is 236 Å².